The first-order chi connectivity index (χ1) is 12.1. The van der Waals surface area contributed by atoms with E-state index in [0.29, 0.717) is 0 Å². The van der Waals surface area contributed by atoms with Gasteiger partial charge in [0.15, 0.2) is 6.29 Å². The molecule has 0 aliphatic carbocycles. The number of carbonyl (C=O) groups is 1. The largest absolute Gasteiger partial charge is 0.442 e. The van der Waals surface area contributed by atoms with Crippen molar-refractivity contribution in [3.05, 3.63) is 0 Å². The summed E-state index contributed by atoms with van der Waals surface area (Å²) in [6.45, 7) is 1.04. The highest BCUT2D eigenvalue weighted by atomic mass is 19.4. The standard InChI is InChI=1S/C12H12F12O4/c1-3-8(2,6(25)27-4(9(13,14)15)10(16,17)18)7(26)28-5(11(19,20)21)12(22,23)24/h4-6,25H,3H2,1-2H3. The second kappa shape index (κ2) is 8.12. The third kappa shape index (κ3) is 6.56. The molecule has 2 unspecified atom stereocenters. The minimum absolute atomic E-state index is 0.271. The van der Waals surface area contributed by atoms with E-state index < -0.39 is 61.0 Å². The fourth-order valence-electron chi connectivity index (χ4n) is 1.60. The van der Waals surface area contributed by atoms with E-state index in [1.54, 1.807) is 0 Å². The zero-order chi connectivity index (χ0) is 22.9. The number of ether oxygens (including phenoxy) is 2. The second-order valence-corrected chi connectivity index (χ2v) is 5.59. The zero-order valence-electron chi connectivity index (χ0n) is 13.6. The molecule has 0 amide bonds. The Morgan fingerprint density at radius 1 is 0.786 bits per heavy atom. The first kappa shape index (κ1) is 26.6. The van der Waals surface area contributed by atoms with Crippen molar-refractivity contribution >= 4 is 5.97 Å². The van der Waals surface area contributed by atoms with Crippen LogP contribution in [0.4, 0.5) is 52.7 Å². The maximum absolute atomic E-state index is 12.4. The summed E-state index contributed by atoms with van der Waals surface area (Å²) < 4.78 is 156. The molecule has 168 valence electrons. The molecule has 0 fully saturated rings. The molecule has 4 nitrogen and oxygen atoms in total. The van der Waals surface area contributed by atoms with E-state index in [1.807, 2.05) is 0 Å². The second-order valence-electron chi connectivity index (χ2n) is 5.59. The van der Waals surface area contributed by atoms with Crippen LogP contribution in [0.1, 0.15) is 20.3 Å². The molecular formula is C12H12F12O4. The third-order valence-electron chi connectivity index (χ3n) is 3.42. The lowest BCUT2D eigenvalue weighted by atomic mass is 9.86. The lowest BCUT2D eigenvalue weighted by Gasteiger charge is -2.35. The smallest absolute Gasteiger partial charge is 0.434 e. The van der Waals surface area contributed by atoms with Crippen LogP contribution in [-0.4, -0.2) is 54.3 Å². The molecule has 0 aliphatic rings. The Labute approximate surface area is 148 Å². The minimum Gasteiger partial charge on any atom is -0.442 e. The van der Waals surface area contributed by atoms with Crippen LogP contribution in [0.15, 0.2) is 0 Å². The molecule has 0 saturated heterocycles. The zero-order valence-corrected chi connectivity index (χ0v) is 13.6. The van der Waals surface area contributed by atoms with E-state index in [0.717, 1.165) is 6.92 Å². The Morgan fingerprint density at radius 3 is 1.36 bits per heavy atom. The van der Waals surface area contributed by atoms with E-state index in [-0.39, 0.29) is 6.92 Å². The molecule has 0 bridgehead atoms. The van der Waals surface area contributed by atoms with Crippen molar-refractivity contribution in [2.75, 3.05) is 0 Å². The van der Waals surface area contributed by atoms with Crippen LogP contribution in [-0.2, 0) is 14.3 Å². The Balaban J connectivity index is 5.77. The number of rotatable bonds is 6. The van der Waals surface area contributed by atoms with Gasteiger partial charge in [0.25, 0.3) is 12.2 Å². The van der Waals surface area contributed by atoms with Gasteiger partial charge in [-0.25, -0.2) is 0 Å². The van der Waals surface area contributed by atoms with E-state index >= 15 is 0 Å². The molecule has 2 atom stereocenters. The summed E-state index contributed by atoms with van der Waals surface area (Å²) in [5.74, 6) is -2.58. The number of esters is 1. The van der Waals surface area contributed by atoms with Crippen LogP contribution in [0.2, 0.25) is 0 Å². The van der Waals surface area contributed by atoms with Crippen molar-refractivity contribution in [2.45, 2.75) is 63.5 Å². The molecule has 0 spiro atoms. The first-order valence-electron chi connectivity index (χ1n) is 6.90. The van der Waals surface area contributed by atoms with Gasteiger partial charge < -0.3 is 14.6 Å². The highest BCUT2D eigenvalue weighted by molar-refractivity contribution is 5.77. The third-order valence-corrected chi connectivity index (χ3v) is 3.42. The first-order valence-corrected chi connectivity index (χ1v) is 6.90. The van der Waals surface area contributed by atoms with Gasteiger partial charge in [-0.1, -0.05) is 6.92 Å². The van der Waals surface area contributed by atoms with Gasteiger partial charge in [0, 0.05) is 0 Å². The van der Waals surface area contributed by atoms with Crippen molar-refractivity contribution < 1.29 is 72.1 Å². The van der Waals surface area contributed by atoms with Crippen LogP contribution >= 0.6 is 0 Å². The summed E-state index contributed by atoms with van der Waals surface area (Å²) >= 11 is 0. The SMILES string of the molecule is CCC(C)(C(=O)OC(C(F)(F)F)C(F)(F)F)C(O)OC(C(F)(F)F)C(F)(F)F. The summed E-state index contributed by atoms with van der Waals surface area (Å²) in [6, 6.07) is 0. The Kier molecular flexibility index (Phi) is 7.70. The van der Waals surface area contributed by atoms with Crippen molar-refractivity contribution in [3.63, 3.8) is 0 Å². The molecule has 0 aromatic rings. The number of aliphatic hydroxyl groups excluding tert-OH is 1. The molecule has 1 N–H and O–H groups in total. The summed E-state index contributed by atoms with van der Waals surface area (Å²) in [5, 5.41) is 9.47. The lowest BCUT2D eigenvalue weighted by Crippen LogP contribution is -2.54. The molecule has 16 heteroatoms. The fraction of sp³-hybridized carbons (Fsp3) is 0.917. The van der Waals surface area contributed by atoms with Crippen molar-refractivity contribution in [2.24, 2.45) is 5.41 Å². The van der Waals surface area contributed by atoms with Gasteiger partial charge in [0.1, 0.15) is 5.41 Å². The van der Waals surface area contributed by atoms with Gasteiger partial charge in [-0.15, -0.1) is 0 Å². The topological polar surface area (TPSA) is 55.8 Å². The number of carbonyl (C=O) groups excluding carboxylic acids is 1. The molecule has 0 aromatic carbocycles. The number of aliphatic hydroxyl groups is 1. The summed E-state index contributed by atoms with van der Waals surface area (Å²) in [4.78, 5) is 11.7. The van der Waals surface area contributed by atoms with Crippen LogP contribution < -0.4 is 0 Å². The molecule has 0 radical (unpaired) electrons. The summed E-state index contributed by atoms with van der Waals surface area (Å²) in [6.07, 6.45) is -38.6. The number of hydrogen-bond acceptors (Lipinski definition) is 4. The molecule has 0 aromatic heterocycles. The van der Waals surface area contributed by atoms with Gasteiger partial charge in [-0.2, -0.15) is 52.7 Å². The molecule has 0 aliphatic heterocycles. The predicted octanol–water partition coefficient (Wildman–Crippen LogP) is 4.27. The molecular weight excluding hydrogens is 436 g/mol. The van der Waals surface area contributed by atoms with E-state index in [4.69, 9.17) is 0 Å². The van der Waals surface area contributed by atoms with Gasteiger partial charge in [-0.05, 0) is 13.3 Å². The molecule has 0 saturated carbocycles. The maximum Gasteiger partial charge on any atom is 0.434 e. The number of hydrogen-bond donors (Lipinski definition) is 1. The fourth-order valence-corrected chi connectivity index (χ4v) is 1.60. The van der Waals surface area contributed by atoms with Crippen LogP contribution in [0.5, 0.6) is 0 Å². The monoisotopic (exact) mass is 448 g/mol. The highest BCUT2D eigenvalue weighted by Crippen LogP contribution is 2.41. The van der Waals surface area contributed by atoms with Crippen LogP contribution in [0.3, 0.4) is 0 Å². The molecule has 28 heavy (non-hydrogen) atoms. The Bertz CT molecular complexity index is 507. The van der Waals surface area contributed by atoms with Gasteiger partial charge >= 0.3 is 30.7 Å². The van der Waals surface area contributed by atoms with Crippen LogP contribution in [0.25, 0.3) is 0 Å². The van der Waals surface area contributed by atoms with E-state index in [1.165, 1.54) is 0 Å². The van der Waals surface area contributed by atoms with E-state index in [9.17, 15) is 62.6 Å². The van der Waals surface area contributed by atoms with Gasteiger partial charge in [0.05, 0.1) is 0 Å². The molecule has 0 heterocycles. The summed E-state index contributed by atoms with van der Waals surface area (Å²) in [7, 11) is 0. The Hall–Kier alpha value is -1.45. The average molecular weight is 448 g/mol. The normalized spacial score (nSPS) is 17.6. The lowest BCUT2D eigenvalue weighted by molar-refractivity contribution is -0.361. The maximum atomic E-state index is 12.4. The van der Waals surface area contributed by atoms with Crippen molar-refractivity contribution in [3.8, 4) is 0 Å². The van der Waals surface area contributed by atoms with E-state index in [2.05, 4.69) is 9.47 Å². The molecule has 0 rings (SSSR count). The minimum atomic E-state index is -6.20. The van der Waals surface area contributed by atoms with Gasteiger partial charge in [-0.3, -0.25) is 4.79 Å². The van der Waals surface area contributed by atoms with Crippen molar-refractivity contribution in [1.82, 2.24) is 0 Å². The average Bonchev–Trinajstić information content (AvgIpc) is 2.43. The predicted molar refractivity (Wildman–Crippen MR) is 63.4 cm³/mol. The summed E-state index contributed by atoms with van der Waals surface area (Å²) in [5.41, 5.74) is -3.14. The highest BCUT2D eigenvalue weighted by Gasteiger charge is 2.63. The Morgan fingerprint density at radius 2 is 1.11 bits per heavy atom. The van der Waals surface area contributed by atoms with Crippen LogP contribution in [0, 0.1) is 5.41 Å². The van der Waals surface area contributed by atoms with Crippen molar-refractivity contribution in [1.29, 1.82) is 0 Å². The quantitative estimate of drug-likeness (QED) is 0.375. The number of halogens is 12. The number of alkyl halides is 12. The van der Waals surface area contributed by atoms with Gasteiger partial charge in [0.2, 0.25) is 0 Å².